The van der Waals surface area contributed by atoms with E-state index in [4.69, 9.17) is 9.47 Å². The average Bonchev–Trinajstić information content (AvgIpc) is 3.34. The third-order valence-electron chi connectivity index (χ3n) is 11.0. The fourth-order valence-electron chi connectivity index (χ4n) is 7.69. The number of rotatable bonds is 14. The number of phenols is 1. The number of nitrogens with zero attached hydrogens (tertiary/aromatic N) is 1. The van der Waals surface area contributed by atoms with Gasteiger partial charge >= 0.3 is 5.97 Å². The molecule has 4 N–H and O–H groups in total. The Balaban J connectivity index is 1.74. The number of ketones is 1. The third kappa shape index (κ3) is 7.21. The Morgan fingerprint density at radius 1 is 1.18 bits per heavy atom. The molecule has 2 fully saturated rings. The number of hydrogen-bond acceptors (Lipinski definition) is 9. The fraction of sp³-hybridized carbons (Fsp3) is 0.765. The minimum atomic E-state index is -1.40. The van der Waals surface area contributed by atoms with E-state index in [1.807, 2.05) is 20.8 Å². The lowest BCUT2D eigenvalue weighted by Crippen LogP contribution is -2.55. The maximum Gasteiger partial charge on any atom is 0.339 e. The van der Waals surface area contributed by atoms with Crippen LogP contribution in [-0.4, -0.2) is 72.7 Å². The number of carboxylic acid groups (broad SMARTS) is 1. The molecule has 1 aromatic carbocycles. The number of carbonyl (C=O) groups excluding carboxylic acids is 1. The van der Waals surface area contributed by atoms with Gasteiger partial charge in [0.15, 0.2) is 0 Å². The van der Waals surface area contributed by atoms with Gasteiger partial charge in [0.1, 0.15) is 17.1 Å². The SMILES string of the molecule is CC[C@@H](C(=O)[C@@H](C)[C@@H](O)[C@H](C)CCc1cc([N+](=O)[O-])c(C)c(O)c1C(=O)O)[C@H]1O[C@](CC)([C@H]2CC[C@](O)(CC)[C@H](C)O2)C[C@@H]1C. The van der Waals surface area contributed by atoms with Crippen molar-refractivity contribution in [3.05, 3.63) is 32.9 Å². The standard InChI is InChI=1S/C34H53NO10/c1-9-24(31-19(5)17-34(11-3,45-31)26-14-15-33(41,10-2)22(8)44-26)29(37)21(7)28(36)18(4)12-13-23-16-25(35(42)43)20(6)30(38)27(23)32(39)40/h16,18-19,21-22,24,26,28,31,36,38,41H,9-15,17H2,1-8H3,(H,39,40)/t18-,19+,21+,22+,24+,26-,28+,31+,33-,34+/m1/s1. The zero-order valence-electron chi connectivity index (χ0n) is 28.0. The van der Waals surface area contributed by atoms with Crippen LogP contribution in [0.1, 0.15) is 115 Å². The number of Topliss-reactive ketones (excluding diaryl/α,β-unsaturated/α-hetero) is 1. The van der Waals surface area contributed by atoms with Gasteiger partial charge in [-0.2, -0.15) is 0 Å². The lowest BCUT2D eigenvalue weighted by Gasteiger charge is -2.47. The zero-order chi connectivity index (χ0) is 34.0. The summed E-state index contributed by atoms with van der Waals surface area (Å²) in [5.41, 5.74) is -2.22. The van der Waals surface area contributed by atoms with E-state index in [1.54, 1.807) is 13.8 Å². The lowest BCUT2D eigenvalue weighted by atomic mass is 9.76. The zero-order valence-corrected chi connectivity index (χ0v) is 28.0. The number of nitro groups is 1. The van der Waals surface area contributed by atoms with Crippen molar-refractivity contribution in [2.75, 3.05) is 0 Å². The molecule has 0 aromatic heterocycles. The van der Waals surface area contributed by atoms with Crippen LogP contribution in [-0.2, 0) is 20.7 Å². The number of aryl methyl sites for hydroxylation is 1. The summed E-state index contributed by atoms with van der Waals surface area (Å²) in [4.78, 5) is 36.6. The van der Waals surface area contributed by atoms with Gasteiger partial charge in [-0.3, -0.25) is 14.9 Å². The first-order valence-corrected chi connectivity index (χ1v) is 16.5. The monoisotopic (exact) mass is 635 g/mol. The van der Waals surface area contributed by atoms with Gasteiger partial charge in [0.25, 0.3) is 5.69 Å². The summed E-state index contributed by atoms with van der Waals surface area (Å²) in [5.74, 6) is -3.70. The molecule has 2 aliphatic heterocycles. The molecular formula is C34H53NO10. The van der Waals surface area contributed by atoms with Gasteiger partial charge < -0.3 is 29.9 Å². The predicted octanol–water partition coefficient (Wildman–Crippen LogP) is 5.75. The van der Waals surface area contributed by atoms with Crippen molar-refractivity contribution in [3.63, 3.8) is 0 Å². The minimum Gasteiger partial charge on any atom is -0.506 e. The molecule has 0 saturated carbocycles. The van der Waals surface area contributed by atoms with Crippen LogP contribution in [0.15, 0.2) is 6.07 Å². The first-order chi connectivity index (χ1) is 21.0. The molecule has 45 heavy (non-hydrogen) atoms. The molecule has 0 radical (unpaired) electrons. The van der Waals surface area contributed by atoms with Crippen molar-refractivity contribution in [2.45, 2.75) is 142 Å². The van der Waals surface area contributed by atoms with E-state index in [0.717, 1.165) is 12.5 Å². The van der Waals surface area contributed by atoms with E-state index >= 15 is 0 Å². The van der Waals surface area contributed by atoms with Crippen LogP contribution >= 0.6 is 0 Å². The van der Waals surface area contributed by atoms with Gasteiger partial charge in [-0.15, -0.1) is 0 Å². The van der Waals surface area contributed by atoms with Crippen molar-refractivity contribution in [2.24, 2.45) is 23.7 Å². The molecule has 11 nitrogen and oxygen atoms in total. The lowest BCUT2D eigenvalue weighted by molar-refractivity contribution is -0.385. The predicted molar refractivity (Wildman–Crippen MR) is 168 cm³/mol. The summed E-state index contributed by atoms with van der Waals surface area (Å²) < 4.78 is 13.2. The van der Waals surface area contributed by atoms with E-state index in [-0.39, 0.29) is 59.7 Å². The summed E-state index contributed by atoms with van der Waals surface area (Å²) in [6.45, 7) is 14.7. The number of aromatic carboxylic acids is 1. The van der Waals surface area contributed by atoms with Gasteiger partial charge in [0.05, 0.1) is 46.1 Å². The van der Waals surface area contributed by atoms with Gasteiger partial charge in [-0.05, 0) is 82.6 Å². The van der Waals surface area contributed by atoms with Crippen molar-refractivity contribution < 1.29 is 44.4 Å². The summed E-state index contributed by atoms with van der Waals surface area (Å²) in [6.07, 6.45) is 2.26. The van der Waals surface area contributed by atoms with E-state index in [0.29, 0.717) is 32.1 Å². The fourth-order valence-corrected chi connectivity index (χ4v) is 7.69. The van der Waals surface area contributed by atoms with Gasteiger partial charge in [-0.25, -0.2) is 4.79 Å². The van der Waals surface area contributed by atoms with Crippen LogP contribution < -0.4 is 0 Å². The molecule has 0 unspecified atom stereocenters. The molecule has 10 atom stereocenters. The Hall–Kier alpha value is -2.60. The van der Waals surface area contributed by atoms with Crippen LogP contribution in [0.4, 0.5) is 5.69 Å². The Morgan fingerprint density at radius 2 is 1.82 bits per heavy atom. The van der Waals surface area contributed by atoms with Crippen LogP contribution in [0.25, 0.3) is 0 Å². The maximum absolute atomic E-state index is 13.9. The number of aliphatic hydroxyl groups excluding tert-OH is 1. The number of carboxylic acids is 1. The number of aliphatic hydroxyl groups is 2. The number of aromatic hydroxyl groups is 1. The highest BCUT2D eigenvalue weighted by Gasteiger charge is 2.55. The highest BCUT2D eigenvalue weighted by Crippen LogP contribution is 2.48. The Morgan fingerprint density at radius 3 is 2.33 bits per heavy atom. The number of benzene rings is 1. The van der Waals surface area contributed by atoms with Crippen molar-refractivity contribution in [3.8, 4) is 5.75 Å². The number of hydrogen-bond donors (Lipinski definition) is 4. The molecule has 2 saturated heterocycles. The van der Waals surface area contributed by atoms with Gasteiger partial charge in [-0.1, -0.05) is 41.5 Å². The summed E-state index contributed by atoms with van der Waals surface area (Å²) in [5, 5.41) is 53.8. The van der Waals surface area contributed by atoms with E-state index in [1.165, 1.54) is 6.92 Å². The molecule has 1 aromatic rings. The molecule has 2 heterocycles. The molecule has 0 amide bonds. The normalized spacial score (nSPS) is 31.2. The molecule has 0 aliphatic carbocycles. The summed E-state index contributed by atoms with van der Waals surface area (Å²) in [6, 6.07) is 1.16. The van der Waals surface area contributed by atoms with Crippen LogP contribution in [0.3, 0.4) is 0 Å². The quantitative estimate of drug-likeness (QED) is 0.145. The summed E-state index contributed by atoms with van der Waals surface area (Å²) >= 11 is 0. The summed E-state index contributed by atoms with van der Waals surface area (Å²) in [7, 11) is 0. The van der Waals surface area contributed by atoms with E-state index in [9.17, 15) is 40.1 Å². The van der Waals surface area contributed by atoms with Crippen LogP contribution in [0.2, 0.25) is 0 Å². The van der Waals surface area contributed by atoms with Gasteiger partial charge in [0, 0.05) is 17.9 Å². The largest absolute Gasteiger partial charge is 0.506 e. The Labute approximate surface area is 266 Å². The number of nitro benzene ring substituents is 1. The highest BCUT2D eigenvalue weighted by molar-refractivity contribution is 5.94. The van der Waals surface area contributed by atoms with Crippen molar-refractivity contribution >= 4 is 17.4 Å². The maximum atomic E-state index is 13.9. The Kier molecular flexibility index (Phi) is 11.8. The second-order valence-electron chi connectivity index (χ2n) is 13.6. The van der Waals surface area contributed by atoms with Gasteiger partial charge in [0.2, 0.25) is 0 Å². The average molecular weight is 636 g/mol. The van der Waals surface area contributed by atoms with Crippen molar-refractivity contribution in [1.29, 1.82) is 0 Å². The molecule has 2 aliphatic rings. The smallest absolute Gasteiger partial charge is 0.339 e. The Bertz CT molecular complexity index is 1250. The first-order valence-electron chi connectivity index (χ1n) is 16.5. The minimum absolute atomic E-state index is 0.0570. The molecule has 0 spiro atoms. The first kappa shape index (κ1) is 36.9. The molecule has 0 bridgehead atoms. The number of carbonyl (C=O) groups is 2. The molecule has 11 heteroatoms. The second-order valence-corrected chi connectivity index (χ2v) is 13.6. The third-order valence-corrected chi connectivity index (χ3v) is 11.0. The van der Waals surface area contributed by atoms with Crippen LogP contribution in [0.5, 0.6) is 5.75 Å². The highest BCUT2D eigenvalue weighted by atomic mass is 16.6. The molecular weight excluding hydrogens is 582 g/mol. The second kappa shape index (κ2) is 14.4. The topological polar surface area (TPSA) is 177 Å². The van der Waals surface area contributed by atoms with E-state index < -0.39 is 57.3 Å². The van der Waals surface area contributed by atoms with Crippen LogP contribution in [0, 0.1) is 40.7 Å². The number of ether oxygens (including phenoxy) is 2. The molecule has 3 rings (SSSR count). The van der Waals surface area contributed by atoms with E-state index in [2.05, 4.69) is 13.8 Å². The molecule has 254 valence electrons. The van der Waals surface area contributed by atoms with Crippen molar-refractivity contribution in [1.82, 2.24) is 0 Å².